The summed E-state index contributed by atoms with van der Waals surface area (Å²) >= 11 is 0. The number of piperazine rings is 1. The van der Waals surface area contributed by atoms with Gasteiger partial charge in [0.2, 0.25) is 11.8 Å². The highest BCUT2D eigenvalue weighted by atomic mass is 16.2. The monoisotopic (exact) mass is 471 g/mol. The summed E-state index contributed by atoms with van der Waals surface area (Å²) in [7, 11) is 0. The molecule has 1 aromatic carbocycles. The number of carbonyl (C=O) groups excluding carboxylic acids is 3. The first kappa shape index (κ1) is 25.8. The maximum Gasteiger partial charge on any atom is 0.317 e. The number of hydrogen-bond acceptors (Lipinski definition) is 4. The summed E-state index contributed by atoms with van der Waals surface area (Å²) in [5.41, 5.74) is 1.78. The Morgan fingerprint density at radius 3 is 2.12 bits per heavy atom. The molecule has 0 aromatic heterocycles. The Hall–Kier alpha value is -2.77. The van der Waals surface area contributed by atoms with Crippen LogP contribution in [0.1, 0.15) is 59.8 Å². The molecular weight excluding hydrogens is 430 g/mol. The first-order valence-electron chi connectivity index (χ1n) is 12.8. The number of rotatable bonds is 7. The smallest absolute Gasteiger partial charge is 0.317 e. The second-order valence-corrected chi connectivity index (χ2v) is 10.1. The highest BCUT2D eigenvalue weighted by Gasteiger charge is 2.25. The molecular formula is C26H41N5O3. The number of nitrogens with one attached hydrogen (secondary N) is 2. The van der Waals surface area contributed by atoms with Crippen LogP contribution in [0.25, 0.3) is 0 Å². The van der Waals surface area contributed by atoms with Gasteiger partial charge in [0.15, 0.2) is 0 Å². The van der Waals surface area contributed by atoms with Crippen molar-refractivity contribution >= 4 is 29.2 Å². The van der Waals surface area contributed by atoms with E-state index < -0.39 is 0 Å². The summed E-state index contributed by atoms with van der Waals surface area (Å²) in [6, 6.07) is 8.12. The normalized spacial score (nSPS) is 17.1. The summed E-state index contributed by atoms with van der Waals surface area (Å²) < 4.78 is 0. The van der Waals surface area contributed by atoms with Crippen LogP contribution in [0.15, 0.2) is 24.3 Å². The summed E-state index contributed by atoms with van der Waals surface area (Å²) in [6.45, 7) is 10.5. The Balaban J connectivity index is 1.46. The lowest BCUT2D eigenvalue weighted by Gasteiger charge is -2.37. The molecule has 0 radical (unpaired) electrons. The van der Waals surface area contributed by atoms with Gasteiger partial charge in [0.25, 0.3) is 0 Å². The lowest BCUT2D eigenvalue weighted by atomic mass is 9.96. The number of hydrogen-bond donors (Lipinski definition) is 2. The Morgan fingerprint density at radius 2 is 1.56 bits per heavy atom. The topological polar surface area (TPSA) is 85.0 Å². The zero-order chi connectivity index (χ0) is 24.7. The fraction of sp³-hybridized carbons (Fsp3) is 0.654. The highest BCUT2D eigenvalue weighted by Crippen LogP contribution is 2.21. The van der Waals surface area contributed by atoms with Crippen molar-refractivity contribution in [3.05, 3.63) is 24.3 Å². The van der Waals surface area contributed by atoms with Gasteiger partial charge in [0.05, 0.1) is 0 Å². The van der Waals surface area contributed by atoms with Gasteiger partial charge in [-0.3, -0.25) is 9.59 Å². The van der Waals surface area contributed by atoms with Crippen molar-refractivity contribution in [1.82, 2.24) is 15.1 Å². The first-order valence-corrected chi connectivity index (χ1v) is 12.8. The van der Waals surface area contributed by atoms with E-state index in [1.165, 1.54) is 19.3 Å². The molecule has 1 heterocycles. The second kappa shape index (κ2) is 12.1. The minimum Gasteiger partial charge on any atom is -0.368 e. The van der Waals surface area contributed by atoms with E-state index in [4.69, 9.17) is 0 Å². The summed E-state index contributed by atoms with van der Waals surface area (Å²) in [5, 5.41) is 6.11. The van der Waals surface area contributed by atoms with Gasteiger partial charge >= 0.3 is 6.03 Å². The van der Waals surface area contributed by atoms with E-state index in [2.05, 4.69) is 15.5 Å². The third-order valence-corrected chi connectivity index (χ3v) is 6.73. The Morgan fingerprint density at radius 1 is 0.941 bits per heavy atom. The van der Waals surface area contributed by atoms with Gasteiger partial charge in [0.1, 0.15) is 6.54 Å². The molecule has 0 unspecified atom stereocenters. The van der Waals surface area contributed by atoms with Crippen LogP contribution >= 0.6 is 0 Å². The molecule has 1 aliphatic heterocycles. The van der Waals surface area contributed by atoms with Crippen molar-refractivity contribution < 1.29 is 14.4 Å². The number of urea groups is 1. The van der Waals surface area contributed by atoms with E-state index in [0.29, 0.717) is 24.8 Å². The van der Waals surface area contributed by atoms with Gasteiger partial charge in [0, 0.05) is 55.6 Å². The molecule has 8 nitrogen and oxygen atoms in total. The highest BCUT2D eigenvalue weighted by molar-refractivity contribution is 5.95. The van der Waals surface area contributed by atoms with E-state index in [-0.39, 0.29) is 36.3 Å². The van der Waals surface area contributed by atoms with Crippen molar-refractivity contribution in [3.8, 4) is 0 Å². The number of carbonyl (C=O) groups is 3. The average molecular weight is 472 g/mol. The summed E-state index contributed by atoms with van der Waals surface area (Å²) in [5.74, 6) is -0.367. The number of amides is 4. The van der Waals surface area contributed by atoms with Crippen molar-refractivity contribution in [2.45, 2.75) is 71.9 Å². The molecule has 4 amide bonds. The fourth-order valence-corrected chi connectivity index (χ4v) is 4.64. The lowest BCUT2D eigenvalue weighted by molar-refractivity contribution is -0.139. The van der Waals surface area contributed by atoms with Gasteiger partial charge in [-0.15, -0.1) is 0 Å². The standard InChI is InChI=1S/C26H41N5O3/c1-19(2)25(33)31(20(3)4)18-24(32)27-22-10-12-23(13-11-22)29-14-16-30(17-15-29)26(34)28-21-8-6-5-7-9-21/h10-13,19-21H,5-9,14-18H2,1-4H3,(H,27,32)(H,28,34). The maximum absolute atomic E-state index is 12.6. The Bertz CT molecular complexity index is 825. The molecule has 0 atom stereocenters. The summed E-state index contributed by atoms with van der Waals surface area (Å²) in [4.78, 5) is 43.3. The van der Waals surface area contributed by atoms with Crippen LogP contribution in [0.5, 0.6) is 0 Å². The van der Waals surface area contributed by atoms with E-state index in [1.807, 2.05) is 56.9 Å². The molecule has 1 aromatic rings. The molecule has 1 saturated carbocycles. The van der Waals surface area contributed by atoms with Gasteiger partial charge < -0.3 is 25.3 Å². The fourth-order valence-electron chi connectivity index (χ4n) is 4.64. The van der Waals surface area contributed by atoms with E-state index in [0.717, 1.165) is 31.6 Å². The zero-order valence-corrected chi connectivity index (χ0v) is 21.2. The molecule has 3 rings (SSSR count). The van der Waals surface area contributed by atoms with Crippen molar-refractivity contribution in [2.24, 2.45) is 5.92 Å². The van der Waals surface area contributed by atoms with Crippen LogP contribution < -0.4 is 15.5 Å². The van der Waals surface area contributed by atoms with Gasteiger partial charge in [-0.25, -0.2) is 4.79 Å². The lowest BCUT2D eigenvalue weighted by Crippen LogP contribution is -2.53. The molecule has 2 fully saturated rings. The van der Waals surface area contributed by atoms with E-state index >= 15 is 0 Å². The minimum absolute atomic E-state index is 0.0212. The summed E-state index contributed by atoms with van der Waals surface area (Å²) in [6.07, 6.45) is 5.89. The quantitative estimate of drug-likeness (QED) is 0.635. The molecule has 2 N–H and O–H groups in total. The van der Waals surface area contributed by atoms with Crippen LogP contribution in [0.3, 0.4) is 0 Å². The van der Waals surface area contributed by atoms with Crippen LogP contribution in [0, 0.1) is 5.92 Å². The molecule has 0 spiro atoms. The Kier molecular flexibility index (Phi) is 9.19. The van der Waals surface area contributed by atoms with Crippen LogP contribution in [0.2, 0.25) is 0 Å². The van der Waals surface area contributed by atoms with Crippen molar-refractivity contribution in [3.63, 3.8) is 0 Å². The van der Waals surface area contributed by atoms with Gasteiger partial charge in [-0.05, 0) is 51.0 Å². The third kappa shape index (κ3) is 7.11. The van der Waals surface area contributed by atoms with Crippen LogP contribution in [0.4, 0.5) is 16.2 Å². The largest absolute Gasteiger partial charge is 0.368 e. The molecule has 1 saturated heterocycles. The molecule has 0 bridgehead atoms. The molecule has 2 aliphatic rings. The predicted octanol–water partition coefficient (Wildman–Crippen LogP) is 3.68. The average Bonchev–Trinajstić information content (AvgIpc) is 2.83. The predicted molar refractivity (Wildman–Crippen MR) is 136 cm³/mol. The molecule has 188 valence electrons. The van der Waals surface area contributed by atoms with Crippen molar-refractivity contribution in [2.75, 3.05) is 42.9 Å². The van der Waals surface area contributed by atoms with Crippen LogP contribution in [-0.2, 0) is 9.59 Å². The second-order valence-electron chi connectivity index (χ2n) is 10.1. The minimum atomic E-state index is -0.201. The van der Waals surface area contributed by atoms with E-state index in [9.17, 15) is 14.4 Å². The maximum atomic E-state index is 12.6. The first-order chi connectivity index (χ1) is 16.2. The number of benzene rings is 1. The molecule has 34 heavy (non-hydrogen) atoms. The number of nitrogens with zero attached hydrogens (tertiary/aromatic N) is 3. The van der Waals surface area contributed by atoms with Crippen molar-refractivity contribution in [1.29, 1.82) is 0 Å². The van der Waals surface area contributed by atoms with E-state index in [1.54, 1.807) is 4.90 Å². The molecule has 1 aliphatic carbocycles. The third-order valence-electron chi connectivity index (χ3n) is 6.73. The van der Waals surface area contributed by atoms with Crippen LogP contribution in [-0.4, -0.2) is 72.5 Å². The van der Waals surface area contributed by atoms with Gasteiger partial charge in [-0.1, -0.05) is 33.1 Å². The zero-order valence-electron chi connectivity index (χ0n) is 21.2. The Labute approximate surface area is 204 Å². The number of anilines is 2. The SMILES string of the molecule is CC(C)C(=O)N(CC(=O)Nc1ccc(N2CCN(C(=O)NC3CCCCC3)CC2)cc1)C(C)C. The molecule has 8 heteroatoms. The van der Waals surface area contributed by atoms with Gasteiger partial charge in [-0.2, -0.15) is 0 Å².